The molecule has 0 radical (unpaired) electrons. The number of amides is 1. The molecule has 7 nitrogen and oxygen atoms in total. The van der Waals surface area contributed by atoms with Gasteiger partial charge in [0.05, 0.1) is 18.1 Å². The van der Waals surface area contributed by atoms with Gasteiger partial charge in [0.1, 0.15) is 5.75 Å². The maximum atomic E-state index is 10.9. The van der Waals surface area contributed by atoms with Gasteiger partial charge in [0.2, 0.25) is 0 Å². The molecule has 0 heterocycles. The highest BCUT2D eigenvalue weighted by molar-refractivity contribution is 5.84. The number of carboxylic acid groups (broad SMARTS) is 1. The largest absolute Gasteiger partial charge is 0.496 e. The van der Waals surface area contributed by atoms with Crippen LogP contribution in [0.2, 0.25) is 0 Å². The summed E-state index contributed by atoms with van der Waals surface area (Å²) < 4.78 is 5.05. The fourth-order valence-corrected chi connectivity index (χ4v) is 1.96. The summed E-state index contributed by atoms with van der Waals surface area (Å²) in [5.74, 6) is 0.389. The zero-order valence-corrected chi connectivity index (χ0v) is 12.2. The SMILES string of the molecule is COc1cc(C=Cc2cccc(NC(=O)O)c2)cc([N+](=O)[O-])c1. The summed E-state index contributed by atoms with van der Waals surface area (Å²) in [4.78, 5) is 21.0. The van der Waals surface area contributed by atoms with Crippen LogP contribution in [0.25, 0.3) is 12.2 Å². The maximum Gasteiger partial charge on any atom is 0.409 e. The number of carbonyl (C=O) groups is 1. The summed E-state index contributed by atoms with van der Waals surface area (Å²) in [5.41, 5.74) is 1.73. The third kappa shape index (κ3) is 4.57. The number of rotatable bonds is 5. The molecule has 23 heavy (non-hydrogen) atoms. The number of nitrogens with zero attached hydrogens (tertiary/aromatic N) is 1. The molecule has 0 saturated heterocycles. The van der Waals surface area contributed by atoms with E-state index in [0.717, 1.165) is 5.56 Å². The van der Waals surface area contributed by atoms with Gasteiger partial charge in [-0.05, 0) is 29.3 Å². The van der Waals surface area contributed by atoms with Crippen molar-refractivity contribution in [1.82, 2.24) is 0 Å². The first kappa shape index (κ1) is 16.0. The van der Waals surface area contributed by atoms with E-state index >= 15 is 0 Å². The lowest BCUT2D eigenvalue weighted by Crippen LogP contribution is -2.06. The molecule has 0 aliphatic carbocycles. The second kappa shape index (κ2) is 7.08. The van der Waals surface area contributed by atoms with Gasteiger partial charge in [0.25, 0.3) is 5.69 Å². The number of ether oxygens (including phenoxy) is 1. The van der Waals surface area contributed by atoms with Gasteiger partial charge in [-0.2, -0.15) is 0 Å². The van der Waals surface area contributed by atoms with Crippen molar-refractivity contribution in [3.63, 3.8) is 0 Å². The molecule has 0 atom stereocenters. The monoisotopic (exact) mass is 314 g/mol. The Morgan fingerprint density at radius 2 is 1.96 bits per heavy atom. The Labute approximate surface area is 132 Å². The highest BCUT2D eigenvalue weighted by Crippen LogP contribution is 2.24. The molecule has 0 spiro atoms. The summed E-state index contributed by atoms with van der Waals surface area (Å²) >= 11 is 0. The van der Waals surface area contributed by atoms with Crippen LogP contribution < -0.4 is 10.1 Å². The number of nitrogens with one attached hydrogen (secondary N) is 1. The van der Waals surface area contributed by atoms with Crippen molar-refractivity contribution in [2.24, 2.45) is 0 Å². The Kier molecular flexibility index (Phi) is 4.93. The number of anilines is 1. The quantitative estimate of drug-likeness (QED) is 0.495. The molecule has 0 bridgehead atoms. The van der Waals surface area contributed by atoms with Crippen LogP contribution in [-0.2, 0) is 0 Å². The highest BCUT2D eigenvalue weighted by atomic mass is 16.6. The number of nitro groups is 1. The fraction of sp³-hybridized carbons (Fsp3) is 0.0625. The zero-order valence-electron chi connectivity index (χ0n) is 12.2. The Bertz CT molecular complexity index is 771. The van der Waals surface area contributed by atoms with Crippen LogP contribution in [0.1, 0.15) is 11.1 Å². The van der Waals surface area contributed by atoms with Gasteiger partial charge < -0.3 is 9.84 Å². The number of non-ortho nitro benzene ring substituents is 1. The molecule has 1 amide bonds. The Morgan fingerprint density at radius 1 is 1.22 bits per heavy atom. The average molecular weight is 314 g/mol. The molecule has 0 unspecified atom stereocenters. The first-order valence-electron chi connectivity index (χ1n) is 6.59. The Morgan fingerprint density at radius 3 is 2.61 bits per heavy atom. The zero-order chi connectivity index (χ0) is 16.8. The molecule has 118 valence electrons. The molecule has 0 aromatic heterocycles. The number of methoxy groups -OCH3 is 1. The standard InChI is InChI=1S/C16H14N2O5/c1-23-15-9-12(8-14(10-15)18(21)22)6-5-11-3-2-4-13(7-11)17-16(19)20/h2-10,17H,1H3,(H,19,20). The molecule has 2 N–H and O–H groups in total. The fourth-order valence-electron chi connectivity index (χ4n) is 1.96. The van der Waals surface area contributed by atoms with Crippen LogP contribution in [0.15, 0.2) is 42.5 Å². The molecule has 0 aliphatic heterocycles. The summed E-state index contributed by atoms with van der Waals surface area (Å²) in [6, 6.07) is 11.2. The second-order valence-electron chi connectivity index (χ2n) is 4.61. The molecule has 0 saturated carbocycles. The maximum absolute atomic E-state index is 10.9. The van der Waals surface area contributed by atoms with Crippen molar-refractivity contribution in [3.8, 4) is 5.75 Å². The first-order chi connectivity index (χ1) is 11.0. The van der Waals surface area contributed by atoms with Gasteiger partial charge in [-0.3, -0.25) is 15.4 Å². The molecule has 0 fully saturated rings. The van der Waals surface area contributed by atoms with E-state index in [-0.39, 0.29) is 5.69 Å². The van der Waals surface area contributed by atoms with Crippen molar-refractivity contribution < 1.29 is 19.6 Å². The highest BCUT2D eigenvalue weighted by Gasteiger charge is 2.08. The molecular formula is C16H14N2O5. The van der Waals surface area contributed by atoms with E-state index in [1.807, 2.05) is 0 Å². The molecule has 0 aliphatic rings. The number of nitro benzene ring substituents is 1. The van der Waals surface area contributed by atoms with Gasteiger partial charge >= 0.3 is 6.09 Å². The first-order valence-corrected chi connectivity index (χ1v) is 6.59. The van der Waals surface area contributed by atoms with Crippen LogP contribution in [0.3, 0.4) is 0 Å². The summed E-state index contributed by atoms with van der Waals surface area (Å²) in [6.07, 6.45) is 2.27. The minimum absolute atomic E-state index is 0.0645. The van der Waals surface area contributed by atoms with E-state index < -0.39 is 11.0 Å². The van der Waals surface area contributed by atoms with E-state index in [4.69, 9.17) is 9.84 Å². The second-order valence-corrected chi connectivity index (χ2v) is 4.61. The number of benzene rings is 2. The van der Waals surface area contributed by atoms with Crippen LogP contribution in [-0.4, -0.2) is 23.2 Å². The number of hydrogen-bond donors (Lipinski definition) is 2. The lowest BCUT2D eigenvalue weighted by molar-refractivity contribution is -0.384. The van der Waals surface area contributed by atoms with Crippen molar-refractivity contribution in [2.45, 2.75) is 0 Å². The van der Waals surface area contributed by atoms with E-state index in [1.54, 1.807) is 42.5 Å². The van der Waals surface area contributed by atoms with Crippen molar-refractivity contribution in [3.05, 3.63) is 63.7 Å². The van der Waals surface area contributed by atoms with E-state index in [0.29, 0.717) is 17.0 Å². The normalized spacial score (nSPS) is 10.5. The lowest BCUT2D eigenvalue weighted by atomic mass is 10.1. The molecule has 2 rings (SSSR count). The van der Waals surface area contributed by atoms with Gasteiger partial charge in [0.15, 0.2) is 0 Å². The van der Waals surface area contributed by atoms with Crippen LogP contribution in [0, 0.1) is 10.1 Å². The van der Waals surface area contributed by atoms with Crippen molar-refractivity contribution in [2.75, 3.05) is 12.4 Å². The van der Waals surface area contributed by atoms with Crippen LogP contribution >= 0.6 is 0 Å². The lowest BCUT2D eigenvalue weighted by Gasteiger charge is -2.03. The van der Waals surface area contributed by atoms with E-state index in [1.165, 1.54) is 19.2 Å². The third-order valence-electron chi connectivity index (χ3n) is 2.97. The summed E-state index contributed by atoms with van der Waals surface area (Å²) in [5, 5.41) is 21.9. The van der Waals surface area contributed by atoms with Gasteiger partial charge in [0, 0.05) is 11.8 Å². The van der Waals surface area contributed by atoms with Crippen molar-refractivity contribution >= 4 is 29.6 Å². The minimum atomic E-state index is -1.14. The molecule has 7 heteroatoms. The van der Waals surface area contributed by atoms with Gasteiger partial charge in [-0.15, -0.1) is 0 Å². The van der Waals surface area contributed by atoms with Crippen LogP contribution in [0.4, 0.5) is 16.2 Å². The minimum Gasteiger partial charge on any atom is -0.496 e. The number of hydrogen-bond acceptors (Lipinski definition) is 4. The van der Waals surface area contributed by atoms with E-state index in [9.17, 15) is 14.9 Å². The predicted molar refractivity (Wildman–Crippen MR) is 86.7 cm³/mol. The topological polar surface area (TPSA) is 102 Å². The van der Waals surface area contributed by atoms with Gasteiger partial charge in [-0.25, -0.2) is 4.79 Å². The van der Waals surface area contributed by atoms with Crippen LogP contribution in [0.5, 0.6) is 5.75 Å². The Hall–Kier alpha value is -3.35. The predicted octanol–water partition coefficient (Wildman–Crippen LogP) is 3.86. The van der Waals surface area contributed by atoms with Crippen molar-refractivity contribution in [1.29, 1.82) is 0 Å². The van der Waals surface area contributed by atoms with E-state index in [2.05, 4.69) is 5.32 Å². The third-order valence-corrected chi connectivity index (χ3v) is 2.97. The summed E-state index contributed by atoms with van der Waals surface area (Å²) in [6.45, 7) is 0. The molecular weight excluding hydrogens is 300 g/mol. The Balaban J connectivity index is 2.27. The average Bonchev–Trinajstić information content (AvgIpc) is 2.52. The summed E-state index contributed by atoms with van der Waals surface area (Å²) in [7, 11) is 1.44. The molecule has 2 aromatic carbocycles. The molecule has 2 aromatic rings. The smallest absolute Gasteiger partial charge is 0.409 e. The van der Waals surface area contributed by atoms with Gasteiger partial charge in [-0.1, -0.05) is 24.3 Å².